The zero-order valence-corrected chi connectivity index (χ0v) is 20.1. The smallest absolute Gasteiger partial charge is 0.191 e. The second kappa shape index (κ2) is 11.4. The van der Waals surface area contributed by atoms with Crippen LogP contribution in [-0.2, 0) is 19.4 Å². The molecule has 1 aliphatic heterocycles. The van der Waals surface area contributed by atoms with E-state index in [1.165, 1.54) is 5.56 Å². The van der Waals surface area contributed by atoms with Gasteiger partial charge in [-0.25, -0.2) is 9.67 Å². The van der Waals surface area contributed by atoms with Crippen LogP contribution in [0.25, 0.3) is 0 Å². The predicted molar refractivity (Wildman–Crippen MR) is 127 cm³/mol. The van der Waals surface area contributed by atoms with Crippen molar-refractivity contribution in [3.63, 3.8) is 0 Å². The molecular weight excluding hydrogens is 479 g/mol. The van der Waals surface area contributed by atoms with Crippen molar-refractivity contribution >= 4 is 29.9 Å². The summed E-state index contributed by atoms with van der Waals surface area (Å²) in [4.78, 5) is 8.97. The summed E-state index contributed by atoms with van der Waals surface area (Å²) in [7, 11) is 3.51. The minimum atomic E-state index is 0. The van der Waals surface area contributed by atoms with Crippen molar-refractivity contribution in [1.29, 1.82) is 0 Å². The molecule has 2 heterocycles. The molecule has 0 aliphatic carbocycles. The highest BCUT2D eigenvalue weighted by molar-refractivity contribution is 14.0. The van der Waals surface area contributed by atoms with Crippen molar-refractivity contribution in [2.75, 3.05) is 20.7 Å². The number of hydrogen-bond acceptors (Lipinski definition) is 4. The van der Waals surface area contributed by atoms with Crippen LogP contribution >= 0.6 is 24.0 Å². The Morgan fingerprint density at radius 3 is 2.76 bits per heavy atom. The average Bonchev–Trinajstić information content (AvgIpc) is 3.15. The van der Waals surface area contributed by atoms with Gasteiger partial charge in [0.2, 0.25) is 0 Å². The normalized spacial score (nSPS) is 17.1. The fourth-order valence-corrected chi connectivity index (χ4v) is 3.52. The van der Waals surface area contributed by atoms with Gasteiger partial charge in [0, 0.05) is 32.5 Å². The zero-order chi connectivity index (χ0) is 19.9. The highest BCUT2D eigenvalue weighted by Crippen LogP contribution is 2.21. The number of nitrogens with zero attached hydrogens (tertiary/aromatic N) is 4. The van der Waals surface area contributed by atoms with Gasteiger partial charge in [-0.05, 0) is 36.5 Å². The average molecular weight is 512 g/mol. The van der Waals surface area contributed by atoms with Gasteiger partial charge in [0.25, 0.3) is 0 Å². The second-order valence-electron chi connectivity index (χ2n) is 7.32. The molecule has 1 aliphatic rings. The van der Waals surface area contributed by atoms with Gasteiger partial charge in [-0.2, -0.15) is 5.10 Å². The van der Waals surface area contributed by atoms with Gasteiger partial charge in [-0.3, -0.25) is 4.99 Å². The van der Waals surface area contributed by atoms with Crippen LogP contribution in [0.2, 0.25) is 0 Å². The molecule has 160 valence electrons. The van der Waals surface area contributed by atoms with Gasteiger partial charge >= 0.3 is 0 Å². The molecule has 7 nitrogen and oxygen atoms in total. The fraction of sp³-hybridized carbons (Fsp3) is 0.571. The number of aromatic nitrogens is 3. The third-order valence-electron chi connectivity index (χ3n) is 5.34. The summed E-state index contributed by atoms with van der Waals surface area (Å²) in [5.74, 6) is 4.26. The Bertz CT molecular complexity index is 789. The molecule has 8 heteroatoms. The molecule has 0 fully saturated rings. The Kier molecular flexibility index (Phi) is 9.19. The lowest BCUT2D eigenvalue weighted by Gasteiger charge is -2.25. The van der Waals surface area contributed by atoms with E-state index in [0.29, 0.717) is 12.0 Å². The summed E-state index contributed by atoms with van der Waals surface area (Å²) in [6, 6.07) is 8.64. The van der Waals surface area contributed by atoms with E-state index in [1.54, 1.807) is 7.11 Å². The first-order valence-corrected chi connectivity index (χ1v) is 10.2. The Morgan fingerprint density at radius 1 is 1.34 bits per heavy atom. The number of hydrogen-bond donors (Lipinski definition) is 2. The molecular formula is C21H33IN6O. The third-order valence-corrected chi connectivity index (χ3v) is 5.34. The Hall–Kier alpha value is -1.84. The van der Waals surface area contributed by atoms with Gasteiger partial charge in [0.15, 0.2) is 11.8 Å². The molecule has 1 aromatic heterocycles. The van der Waals surface area contributed by atoms with Gasteiger partial charge in [0.05, 0.1) is 13.7 Å². The second-order valence-corrected chi connectivity index (χ2v) is 7.32. The first-order chi connectivity index (χ1) is 13.6. The van der Waals surface area contributed by atoms with E-state index in [1.807, 2.05) is 23.9 Å². The lowest BCUT2D eigenvalue weighted by Crippen LogP contribution is -2.47. The van der Waals surface area contributed by atoms with Crippen molar-refractivity contribution in [2.45, 2.75) is 58.0 Å². The molecule has 3 rings (SSSR count). The molecule has 2 atom stereocenters. The minimum absolute atomic E-state index is 0. The van der Waals surface area contributed by atoms with Crippen LogP contribution in [0.4, 0.5) is 0 Å². The van der Waals surface area contributed by atoms with Gasteiger partial charge in [-0.15, -0.1) is 24.0 Å². The quantitative estimate of drug-likeness (QED) is 0.339. The molecule has 2 unspecified atom stereocenters. The van der Waals surface area contributed by atoms with Crippen molar-refractivity contribution < 1.29 is 4.74 Å². The number of aryl methyl sites for hydroxylation is 2. The Balaban J connectivity index is 0.00000300. The van der Waals surface area contributed by atoms with Crippen LogP contribution in [-0.4, -0.2) is 47.5 Å². The van der Waals surface area contributed by atoms with E-state index in [4.69, 9.17) is 4.74 Å². The highest BCUT2D eigenvalue weighted by atomic mass is 127. The SMILES string of the molecule is CCc1nc2n(n1)CC(NC(=NC)NCCC(C)c1ccc(OC)cc1)CC2.I. The number of guanidine groups is 1. The molecule has 29 heavy (non-hydrogen) atoms. The summed E-state index contributed by atoms with van der Waals surface area (Å²) in [5, 5.41) is 11.6. The van der Waals surface area contributed by atoms with E-state index in [2.05, 4.69) is 51.7 Å². The van der Waals surface area contributed by atoms with Gasteiger partial charge < -0.3 is 15.4 Å². The van der Waals surface area contributed by atoms with Crippen molar-refractivity contribution in [1.82, 2.24) is 25.4 Å². The third kappa shape index (κ3) is 6.32. The summed E-state index contributed by atoms with van der Waals surface area (Å²) >= 11 is 0. The number of ether oxygens (including phenoxy) is 1. The minimum Gasteiger partial charge on any atom is -0.497 e. The van der Waals surface area contributed by atoms with Crippen molar-refractivity contribution in [3.05, 3.63) is 41.5 Å². The van der Waals surface area contributed by atoms with Crippen LogP contribution in [0.1, 0.15) is 49.8 Å². The zero-order valence-electron chi connectivity index (χ0n) is 17.8. The summed E-state index contributed by atoms with van der Waals surface area (Å²) in [5.41, 5.74) is 1.32. The van der Waals surface area contributed by atoms with E-state index in [-0.39, 0.29) is 24.0 Å². The van der Waals surface area contributed by atoms with Crippen LogP contribution in [0.3, 0.4) is 0 Å². The maximum Gasteiger partial charge on any atom is 0.191 e. The van der Waals surface area contributed by atoms with Gasteiger partial charge in [0.1, 0.15) is 11.6 Å². The molecule has 0 amide bonds. The topological polar surface area (TPSA) is 76.4 Å². The Labute approximate surface area is 190 Å². The fourth-order valence-electron chi connectivity index (χ4n) is 3.52. The summed E-state index contributed by atoms with van der Waals surface area (Å²) in [6.07, 6.45) is 3.92. The van der Waals surface area contributed by atoms with E-state index in [0.717, 1.165) is 62.1 Å². The van der Waals surface area contributed by atoms with Crippen LogP contribution in [0, 0.1) is 0 Å². The summed E-state index contributed by atoms with van der Waals surface area (Å²) in [6.45, 7) is 6.05. The molecule has 2 aromatic rings. The number of nitrogens with one attached hydrogen (secondary N) is 2. The number of fused-ring (bicyclic) bond motifs is 1. The van der Waals surface area contributed by atoms with Crippen molar-refractivity contribution in [3.8, 4) is 5.75 Å². The molecule has 0 saturated carbocycles. The maximum atomic E-state index is 5.23. The van der Waals surface area contributed by atoms with E-state index < -0.39 is 0 Å². The number of benzene rings is 1. The lowest BCUT2D eigenvalue weighted by molar-refractivity contribution is 0.392. The molecule has 0 saturated heterocycles. The number of aliphatic imine (C=N–C) groups is 1. The predicted octanol–water partition coefficient (Wildman–Crippen LogP) is 3.14. The Morgan fingerprint density at radius 2 is 2.10 bits per heavy atom. The number of methoxy groups -OCH3 is 1. The van der Waals surface area contributed by atoms with Gasteiger partial charge in [-0.1, -0.05) is 26.0 Å². The highest BCUT2D eigenvalue weighted by Gasteiger charge is 2.22. The van der Waals surface area contributed by atoms with E-state index >= 15 is 0 Å². The standard InChI is InChI=1S/C21H32N6O.HI/c1-5-19-25-20-11-8-17(14-27(20)26-19)24-21(22-3)23-13-12-15(2)16-6-9-18(28-4)10-7-16;/h6-7,9-10,15,17H,5,8,11-14H2,1-4H3,(H2,22,23,24);1H. The van der Waals surface area contributed by atoms with Crippen LogP contribution < -0.4 is 15.4 Å². The molecule has 0 bridgehead atoms. The molecule has 0 radical (unpaired) electrons. The van der Waals surface area contributed by atoms with Crippen molar-refractivity contribution in [2.24, 2.45) is 4.99 Å². The van der Waals surface area contributed by atoms with Crippen LogP contribution in [0.15, 0.2) is 29.3 Å². The first-order valence-electron chi connectivity index (χ1n) is 10.2. The maximum absolute atomic E-state index is 5.23. The van der Waals surface area contributed by atoms with E-state index in [9.17, 15) is 0 Å². The largest absolute Gasteiger partial charge is 0.497 e. The number of halogens is 1. The number of rotatable bonds is 7. The first kappa shape index (κ1) is 23.4. The molecule has 1 aromatic carbocycles. The molecule has 2 N–H and O–H groups in total. The van der Waals surface area contributed by atoms with Crippen LogP contribution in [0.5, 0.6) is 5.75 Å². The summed E-state index contributed by atoms with van der Waals surface area (Å²) < 4.78 is 7.27. The lowest BCUT2D eigenvalue weighted by atomic mass is 9.98. The molecule has 0 spiro atoms. The monoisotopic (exact) mass is 512 g/mol.